The lowest BCUT2D eigenvalue weighted by Gasteiger charge is -2.49. The Balaban J connectivity index is 0.00000676. The summed E-state index contributed by atoms with van der Waals surface area (Å²) < 4.78 is 0. The minimum atomic E-state index is 0. The summed E-state index contributed by atoms with van der Waals surface area (Å²) in [4.78, 5) is 2.44. The second kappa shape index (κ2) is 17.1. The minimum Gasteiger partial charge on any atom is -0.396 e. The highest BCUT2D eigenvalue weighted by atomic mass is 35.5. The lowest BCUT2D eigenvalue weighted by Crippen LogP contribution is -2.52. The van der Waals surface area contributed by atoms with E-state index in [2.05, 4.69) is 25.9 Å². The van der Waals surface area contributed by atoms with Crippen molar-refractivity contribution < 1.29 is 5.11 Å². The van der Waals surface area contributed by atoms with Crippen molar-refractivity contribution in [2.24, 2.45) is 5.92 Å². The van der Waals surface area contributed by atoms with Crippen LogP contribution in [0.1, 0.15) is 122 Å². The van der Waals surface area contributed by atoms with Gasteiger partial charge in [0.25, 0.3) is 0 Å². The third-order valence-electron chi connectivity index (χ3n) is 7.01. The second-order valence-corrected chi connectivity index (χ2v) is 9.09. The molecular formula is C24H50ClNO. The summed E-state index contributed by atoms with van der Waals surface area (Å²) in [7, 11) is 4.46. The molecule has 1 saturated carbocycles. The summed E-state index contributed by atoms with van der Waals surface area (Å²) in [5.74, 6) is 0.793. The molecule has 1 N–H and O–H groups in total. The molecule has 0 aromatic heterocycles. The Morgan fingerprint density at radius 1 is 0.815 bits per heavy atom. The van der Waals surface area contributed by atoms with Crippen LogP contribution in [0.5, 0.6) is 0 Å². The lowest BCUT2D eigenvalue weighted by atomic mass is 9.68. The van der Waals surface area contributed by atoms with Gasteiger partial charge in [-0.05, 0) is 45.7 Å². The van der Waals surface area contributed by atoms with Crippen LogP contribution in [-0.2, 0) is 0 Å². The number of rotatable bonds is 16. The fourth-order valence-corrected chi connectivity index (χ4v) is 5.27. The van der Waals surface area contributed by atoms with Crippen molar-refractivity contribution in [3.05, 3.63) is 0 Å². The van der Waals surface area contributed by atoms with Crippen molar-refractivity contribution in [3.8, 4) is 0 Å². The van der Waals surface area contributed by atoms with E-state index in [1.807, 2.05) is 0 Å². The first-order chi connectivity index (χ1) is 12.7. The molecule has 2 unspecified atom stereocenters. The van der Waals surface area contributed by atoms with Crippen molar-refractivity contribution in [2.45, 2.75) is 128 Å². The molecule has 0 heterocycles. The molecule has 1 aliphatic rings. The number of aliphatic hydroxyl groups excluding tert-OH is 1. The van der Waals surface area contributed by atoms with Gasteiger partial charge in [0.1, 0.15) is 0 Å². The van der Waals surface area contributed by atoms with Gasteiger partial charge in [-0.1, -0.05) is 96.8 Å². The van der Waals surface area contributed by atoms with Crippen molar-refractivity contribution in [2.75, 3.05) is 20.7 Å². The van der Waals surface area contributed by atoms with Crippen molar-refractivity contribution >= 4 is 12.4 Å². The Morgan fingerprint density at radius 3 is 1.81 bits per heavy atom. The molecule has 2 nitrogen and oxygen atoms in total. The molecule has 0 aliphatic heterocycles. The topological polar surface area (TPSA) is 23.5 Å². The second-order valence-electron chi connectivity index (χ2n) is 9.09. The van der Waals surface area contributed by atoms with Crippen molar-refractivity contribution in [1.82, 2.24) is 4.90 Å². The van der Waals surface area contributed by atoms with Gasteiger partial charge >= 0.3 is 0 Å². The lowest BCUT2D eigenvalue weighted by molar-refractivity contribution is 0.00949. The van der Waals surface area contributed by atoms with Crippen LogP contribution in [0.15, 0.2) is 0 Å². The molecule has 1 aliphatic carbocycles. The molecule has 27 heavy (non-hydrogen) atoms. The Labute approximate surface area is 177 Å². The number of hydrogen-bond acceptors (Lipinski definition) is 2. The molecule has 3 heteroatoms. The van der Waals surface area contributed by atoms with Crippen LogP contribution < -0.4 is 0 Å². The molecule has 0 amide bonds. The summed E-state index contributed by atoms with van der Waals surface area (Å²) in [5, 5.41) is 9.60. The molecule has 0 radical (unpaired) electrons. The standard InChI is InChI=1S/C24H49NO.ClH/c1-4-5-6-7-8-9-10-11-12-13-14-15-18-23-19-16-17-20-24(23,21-22-26)25(2)3;/h23,26H,4-22H2,1-3H3;1H. The van der Waals surface area contributed by atoms with Crippen LogP contribution >= 0.6 is 12.4 Å². The van der Waals surface area contributed by atoms with E-state index in [0.29, 0.717) is 6.61 Å². The zero-order valence-electron chi connectivity index (χ0n) is 18.8. The van der Waals surface area contributed by atoms with E-state index in [1.165, 1.54) is 109 Å². The van der Waals surface area contributed by atoms with Gasteiger partial charge in [0.2, 0.25) is 0 Å². The first-order valence-corrected chi connectivity index (χ1v) is 12.0. The summed E-state index contributed by atoms with van der Waals surface area (Å²) >= 11 is 0. The third kappa shape index (κ3) is 10.5. The predicted molar refractivity (Wildman–Crippen MR) is 123 cm³/mol. The van der Waals surface area contributed by atoms with Gasteiger partial charge in [0.15, 0.2) is 0 Å². The summed E-state index contributed by atoms with van der Waals surface area (Å²) in [6.45, 7) is 2.63. The fraction of sp³-hybridized carbons (Fsp3) is 1.00. The number of aliphatic hydroxyl groups is 1. The van der Waals surface area contributed by atoms with Gasteiger partial charge in [-0.3, -0.25) is 0 Å². The Bertz CT molecular complexity index is 320. The number of halogens is 1. The van der Waals surface area contributed by atoms with Crippen LogP contribution in [0.2, 0.25) is 0 Å². The van der Waals surface area contributed by atoms with E-state index in [9.17, 15) is 5.11 Å². The van der Waals surface area contributed by atoms with E-state index in [0.717, 1.165) is 12.3 Å². The molecule has 0 saturated heterocycles. The maximum Gasteiger partial charge on any atom is 0.0448 e. The molecule has 0 aromatic carbocycles. The smallest absolute Gasteiger partial charge is 0.0448 e. The van der Waals surface area contributed by atoms with Crippen LogP contribution in [0, 0.1) is 5.92 Å². The van der Waals surface area contributed by atoms with Gasteiger partial charge in [-0.25, -0.2) is 0 Å². The first-order valence-electron chi connectivity index (χ1n) is 12.0. The van der Waals surface area contributed by atoms with Crippen LogP contribution in [0.3, 0.4) is 0 Å². The van der Waals surface area contributed by atoms with Gasteiger partial charge < -0.3 is 10.0 Å². The van der Waals surface area contributed by atoms with Gasteiger partial charge in [0.05, 0.1) is 0 Å². The van der Waals surface area contributed by atoms with Crippen molar-refractivity contribution in [3.63, 3.8) is 0 Å². The Hall–Kier alpha value is 0.210. The van der Waals surface area contributed by atoms with Crippen LogP contribution in [0.25, 0.3) is 0 Å². The zero-order chi connectivity index (χ0) is 19.1. The van der Waals surface area contributed by atoms with E-state index < -0.39 is 0 Å². The monoisotopic (exact) mass is 403 g/mol. The van der Waals surface area contributed by atoms with E-state index in [-0.39, 0.29) is 17.9 Å². The minimum absolute atomic E-state index is 0. The highest BCUT2D eigenvalue weighted by Crippen LogP contribution is 2.42. The molecule has 164 valence electrons. The zero-order valence-corrected chi connectivity index (χ0v) is 19.6. The highest BCUT2D eigenvalue weighted by molar-refractivity contribution is 5.85. The van der Waals surface area contributed by atoms with E-state index >= 15 is 0 Å². The molecular weight excluding hydrogens is 354 g/mol. The maximum atomic E-state index is 9.60. The third-order valence-corrected chi connectivity index (χ3v) is 7.01. The molecule has 1 rings (SSSR count). The summed E-state index contributed by atoms with van der Waals surface area (Å²) in [6.07, 6.45) is 24.9. The van der Waals surface area contributed by atoms with E-state index in [4.69, 9.17) is 0 Å². The Kier molecular flexibility index (Phi) is 17.2. The average molecular weight is 404 g/mol. The highest BCUT2D eigenvalue weighted by Gasteiger charge is 2.41. The first kappa shape index (κ1) is 27.2. The average Bonchev–Trinajstić information content (AvgIpc) is 2.64. The number of unbranched alkanes of at least 4 members (excludes halogenated alkanes) is 11. The summed E-state index contributed by atoms with van der Waals surface area (Å²) in [6, 6.07) is 0. The maximum absolute atomic E-state index is 9.60. The van der Waals surface area contributed by atoms with Gasteiger partial charge in [-0.2, -0.15) is 0 Å². The van der Waals surface area contributed by atoms with Crippen molar-refractivity contribution in [1.29, 1.82) is 0 Å². The van der Waals surface area contributed by atoms with Crippen LogP contribution in [0.4, 0.5) is 0 Å². The fourth-order valence-electron chi connectivity index (χ4n) is 5.27. The SMILES string of the molecule is CCCCCCCCCCCCCCC1CCCCC1(CCO)N(C)C.Cl. The molecule has 0 aromatic rings. The largest absolute Gasteiger partial charge is 0.396 e. The number of hydrogen-bond donors (Lipinski definition) is 1. The van der Waals surface area contributed by atoms with Gasteiger partial charge in [0, 0.05) is 12.1 Å². The molecule has 2 atom stereocenters. The number of nitrogens with zero attached hydrogens (tertiary/aromatic N) is 1. The molecule has 0 spiro atoms. The molecule has 0 bridgehead atoms. The quantitative estimate of drug-likeness (QED) is 0.272. The van der Waals surface area contributed by atoms with E-state index in [1.54, 1.807) is 0 Å². The molecule has 1 fully saturated rings. The normalized spacial score (nSPS) is 22.8. The Morgan fingerprint density at radius 2 is 1.33 bits per heavy atom. The summed E-state index contributed by atoms with van der Waals surface area (Å²) in [5.41, 5.74) is 0.269. The van der Waals surface area contributed by atoms with Crippen LogP contribution in [-0.4, -0.2) is 36.2 Å². The van der Waals surface area contributed by atoms with Gasteiger partial charge in [-0.15, -0.1) is 12.4 Å². The predicted octanol–water partition coefficient (Wildman–Crippen LogP) is 7.37.